The third kappa shape index (κ3) is 3.42. The maximum atomic E-state index is 12.3. The van der Waals surface area contributed by atoms with Gasteiger partial charge in [-0.2, -0.15) is 0 Å². The van der Waals surface area contributed by atoms with Gasteiger partial charge in [0.15, 0.2) is 5.78 Å². The second kappa shape index (κ2) is 7.83. The largest absolute Gasteiger partial charge is 0.351 e. The van der Waals surface area contributed by atoms with Crippen molar-refractivity contribution in [2.24, 2.45) is 39.7 Å². The highest BCUT2D eigenvalue weighted by atomic mass is 16.7. The number of oxime groups is 1. The minimum Gasteiger partial charge on any atom is -0.317 e. The fourth-order valence-electron chi connectivity index (χ4n) is 8.38. The summed E-state index contributed by atoms with van der Waals surface area (Å²) in [5, 5.41) is 7.55. The average molecular weight is 427 g/mol. The lowest BCUT2D eigenvalue weighted by Gasteiger charge is -2.58. The highest BCUT2D eigenvalue weighted by Gasteiger charge is 2.59. The standard InChI is InChI=1S/C26H38N2O3/c1-16(28-31-24(30)23-5-4-14-27-23)20-8-9-21-19-7-6-17-15-18(29)10-12-25(17,2)22(19)11-13-26(20,21)3/h15,19-23,27H,4-14H2,1-3H3/b28-16+/t19-,20+,21-,22-,23-,25-,26+/m0/s1. The molecule has 5 aliphatic rings. The quantitative estimate of drug-likeness (QED) is 0.400. The van der Waals surface area contributed by atoms with Gasteiger partial charge in [-0.25, -0.2) is 4.79 Å². The lowest BCUT2D eigenvalue weighted by molar-refractivity contribution is -0.145. The molecule has 3 saturated carbocycles. The van der Waals surface area contributed by atoms with Crippen LogP contribution < -0.4 is 5.32 Å². The molecule has 0 radical (unpaired) electrons. The second-order valence-corrected chi connectivity index (χ2v) is 11.4. The van der Waals surface area contributed by atoms with Crippen molar-refractivity contribution in [3.05, 3.63) is 11.6 Å². The molecule has 31 heavy (non-hydrogen) atoms. The van der Waals surface area contributed by atoms with Crippen LogP contribution >= 0.6 is 0 Å². The molecule has 0 amide bonds. The number of allylic oxidation sites excluding steroid dienone is 1. The number of carbonyl (C=O) groups is 2. The van der Waals surface area contributed by atoms with Gasteiger partial charge in [0.25, 0.3) is 0 Å². The van der Waals surface area contributed by atoms with Gasteiger partial charge in [-0.15, -0.1) is 0 Å². The topological polar surface area (TPSA) is 67.8 Å². The Kier molecular flexibility index (Phi) is 5.39. The molecule has 170 valence electrons. The molecule has 1 heterocycles. The van der Waals surface area contributed by atoms with Crippen molar-refractivity contribution >= 4 is 17.5 Å². The Labute approximate surface area is 186 Å². The number of nitrogens with one attached hydrogen (secondary N) is 1. The van der Waals surface area contributed by atoms with Crippen molar-refractivity contribution in [3.8, 4) is 0 Å². The summed E-state index contributed by atoms with van der Waals surface area (Å²) < 4.78 is 0. The third-order valence-corrected chi connectivity index (χ3v) is 10.1. The van der Waals surface area contributed by atoms with E-state index in [1.165, 1.54) is 31.3 Å². The number of carbonyl (C=O) groups excluding carboxylic acids is 2. The third-order valence-electron chi connectivity index (χ3n) is 10.1. The zero-order valence-electron chi connectivity index (χ0n) is 19.4. The van der Waals surface area contributed by atoms with E-state index >= 15 is 0 Å². The van der Waals surface area contributed by atoms with E-state index in [9.17, 15) is 9.59 Å². The van der Waals surface area contributed by atoms with Crippen LogP contribution in [0, 0.1) is 34.5 Å². The summed E-state index contributed by atoms with van der Waals surface area (Å²) in [7, 11) is 0. The van der Waals surface area contributed by atoms with Crippen LogP contribution in [0.1, 0.15) is 85.0 Å². The number of ketones is 1. The summed E-state index contributed by atoms with van der Waals surface area (Å²) >= 11 is 0. The number of fused-ring (bicyclic) bond motifs is 5. The molecule has 0 aromatic heterocycles. The molecular formula is C26H38N2O3. The Morgan fingerprint density at radius 3 is 2.71 bits per heavy atom. The van der Waals surface area contributed by atoms with Crippen molar-refractivity contribution in [1.82, 2.24) is 5.32 Å². The van der Waals surface area contributed by atoms with Gasteiger partial charge in [0, 0.05) is 12.3 Å². The summed E-state index contributed by atoms with van der Waals surface area (Å²) in [5.41, 5.74) is 2.91. The van der Waals surface area contributed by atoms with E-state index < -0.39 is 0 Å². The molecule has 5 nitrogen and oxygen atoms in total. The van der Waals surface area contributed by atoms with E-state index in [1.54, 1.807) is 0 Å². The van der Waals surface area contributed by atoms with Gasteiger partial charge in [-0.1, -0.05) is 24.6 Å². The lowest BCUT2D eigenvalue weighted by Crippen LogP contribution is -2.51. The van der Waals surface area contributed by atoms with Crippen LogP contribution in [0.15, 0.2) is 16.8 Å². The number of hydrogen-bond acceptors (Lipinski definition) is 5. The van der Waals surface area contributed by atoms with Crippen LogP contribution in [0.5, 0.6) is 0 Å². The van der Waals surface area contributed by atoms with Gasteiger partial charge in [0.1, 0.15) is 6.04 Å². The zero-order valence-corrected chi connectivity index (χ0v) is 19.4. The Morgan fingerprint density at radius 1 is 1.10 bits per heavy atom. The van der Waals surface area contributed by atoms with Crippen LogP contribution in [0.4, 0.5) is 0 Å². The maximum Gasteiger partial charge on any atom is 0.351 e. The van der Waals surface area contributed by atoms with Crippen LogP contribution in [0.3, 0.4) is 0 Å². The Balaban J connectivity index is 1.32. The molecule has 1 saturated heterocycles. The number of nitrogens with zero attached hydrogens (tertiary/aromatic N) is 1. The minimum absolute atomic E-state index is 0.188. The summed E-state index contributed by atoms with van der Waals surface area (Å²) in [5.74, 6) is 2.68. The van der Waals surface area contributed by atoms with Crippen LogP contribution in [-0.4, -0.2) is 30.1 Å². The van der Waals surface area contributed by atoms with E-state index in [0.29, 0.717) is 23.5 Å². The first-order valence-electron chi connectivity index (χ1n) is 12.6. The zero-order chi connectivity index (χ0) is 21.8. The SMILES string of the molecule is C/C(=N\OC(=O)[C@@H]1CCCN1)[C@H]1CC[C@H]2[C@@H]3CCC4=CC(=O)CC[C@]4(C)[C@H]3CC[C@]12C. The molecule has 0 bridgehead atoms. The van der Waals surface area contributed by atoms with E-state index in [1.807, 2.05) is 6.08 Å². The van der Waals surface area contributed by atoms with Crippen molar-refractivity contribution in [2.45, 2.75) is 91.0 Å². The molecule has 4 fully saturated rings. The van der Waals surface area contributed by atoms with E-state index in [0.717, 1.165) is 56.7 Å². The van der Waals surface area contributed by atoms with Crippen LogP contribution in [0.25, 0.3) is 0 Å². The molecule has 7 atom stereocenters. The molecule has 1 aliphatic heterocycles. The predicted octanol–water partition coefficient (Wildman–Crippen LogP) is 4.81. The van der Waals surface area contributed by atoms with Gasteiger partial charge in [-0.05, 0) is 106 Å². The fraction of sp³-hybridized carbons (Fsp3) is 0.808. The molecule has 0 unspecified atom stereocenters. The highest BCUT2D eigenvalue weighted by molar-refractivity contribution is 5.91. The molecule has 5 rings (SSSR count). The summed E-state index contributed by atoms with van der Waals surface area (Å²) in [6.07, 6.45) is 12.8. The molecule has 1 N–H and O–H groups in total. The smallest absolute Gasteiger partial charge is 0.317 e. The molecule has 5 heteroatoms. The van der Waals surface area contributed by atoms with Gasteiger partial charge in [0.2, 0.25) is 0 Å². The van der Waals surface area contributed by atoms with Gasteiger partial charge in [0.05, 0.1) is 5.71 Å². The molecule has 0 aromatic carbocycles. The minimum atomic E-state index is -0.230. The molecule has 0 spiro atoms. The highest BCUT2D eigenvalue weighted by Crippen LogP contribution is 2.66. The summed E-state index contributed by atoms with van der Waals surface area (Å²) in [6.45, 7) is 7.87. The first-order valence-corrected chi connectivity index (χ1v) is 12.6. The van der Waals surface area contributed by atoms with Crippen LogP contribution in [0.2, 0.25) is 0 Å². The van der Waals surface area contributed by atoms with Gasteiger partial charge in [-0.3, -0.25) is 4.79 Å². The number of hydrogen-bond donors (Lipinski definition) is 1. The first kappa shape index (κ1) is 21.4. The van der Waals surface area contributed by atoms with Crippen molar-refractivity contribution < 1.29 is 14.4 Å². The number of rotatable bonds is 3. The second-order valence-electron chi connectivity index (χ2n) is 11.4. The van der Waals surface area contributed by atoms with Crippen LogP contribution in [-0.2, 0) is 14.4 Å². The van der Waals surface area contributed by atoms with Crippen molar-refractivity contribution in [1.29, 1.82) is 0 Å². The first-order chi connectivity index (χ1) is 14.8. The molecule has 4 aliphatic carbocycles. The van der Waals surface area contributed by atoms with Gasteiger partial charge >= 0.3 is 5.97 Å². The Hall–Kier alpha value is -1.49. The van der Waals surface area contributed by atoms with Crippen molar-refractivity contribution in [3.63, 3.8) is 0 Å². The summed E-state index contributed by atoms with van der Waals surface area (Å²) in [6, 6.07) is -0.188. The van der Waals surface area contributed by atoms with E-state index in [4.69, 9.17) is 4.84 Å². The van der Waals surface area contributed by atoms with Crippen molar-refractivity contribution in [2.75, 3.05) is 6.54 Å². The fourth-order valence-corrected chi connectivity index (χ4v) is 8.38. The van der Waals surface area contributed by atoms with Gasteiger partial charge < -0.3 is 10.2 Å². The normalized spacial score (nSPS) is 44.9. The molecule has 0 aromatic rings. The monoisotopic (exact) mass is 426 g/mol. The predicted molar refractivity (Wildman–Crippen MR) is 120 cm³/mol. The lowest BCUT2D eigenvalue weighted by atomic mass is 9.46. The Bertz CT molecular complexity index is 827. The maximum absolute atomic E-state index is 12.3. The Morgan fingerprint density at radius 2 is 1.94 bits per heavy atom. The summed E-state index contributed by atoms with van der Waals surface area (Å²) in [4.78, 5) is 29.7. The van der Waals surface area contributed by atoms with E-state index in [2.05, 4.69) is 31.2 Å². The molecular weight excluding hydrogens is 388 g/mol. The average Bonchev–Trinajstić information content (AvgIpc) is 3.40. The van der Waals surface area contributed by atoms with E-state index in [-0.39, 0.29) is 22.8 Å².